The van der Waals surface area contributed by atoms with Gasteiger partial charge in [0.2, 0.25) is 5.91 Å². The zero-order valence-corrected chi connectivity index (χ0v) is 12.0. The summed E-state index contributed by atoms with van der Waals surface area (Å²) in [5.41, 5.74) is 4.73. The van der Waals surface area contributed by atoms with Crippen molar-refractivity contribution in [3.05, 3.63) is 65.0 Å². The van der Waals surface area contributed by atoms with E-state index in [0.29, 0.717) is 13.0 Å². The van der Waals surface area contributed by atoms with Gasteiger partial charge in [-0.2, -0.15) is 0 Å². The van der Waals surface area contributed by atoms with Crippen molar-refractivity contribution >= 4 is 5.91 Å². The Labute approximate surface area is 120 Å². The van der Waals surface area contributed by atoms with Crippen LogP contribution in [-0.2, 0) is 17.8 Å². The number of carbonyl (C=O) groups excluding carboxylic acids is 1. The second kappa shape index (κ2) is 6.85. The summed E-state index contributed by atoms with van der Waals surface area (Å²) in [6.07, 6.45) is 4.77. The van der Waals surface area contributed by atoms with E-state index in [1.807, 2.05) is 12.1 Å². The van der Waals surface area contributed by atoms with Gasteiger partial charge in [-0.1, -0.05) is 29.8 Å². The third-order valence-electron chi connectivity index (χ3n) is 3.34. The number of aromatic nitrogens is 1. The van der Waals surface area contributed by atoms with E-state index in [1.165, 1.54) is 16.7 Å². The van der Waals surface area contributed by atoms with Crippen molar-refractivity contribution in [2.45, 2.75) is 33.2 Å². The minimum Gasteiger partial charge on any atom is -0.352 e. The van der Waals surface area contributed by atoms with E-state index in [-0.39, 0.29) is 5.91 Å². The number of hydrogen-bond donors (Lipinski definition) is 1. The first-order valence-electron chi connectivity index (χ1n) is 6.87. The fraction of sp³-hybridized carbons (Fsp3) is 0.294. The SMILES string of the molecule is Cc1ccc(CNC(=O)CCc2cccnc2)c(C)c1. The Hall–Kier alpha value is -2.16. The lowest BCUT2D eigenvalue weighted by atomic mass is 10.1. The first kappa shape index (κ1) is 14.3. The van der Waals surface area contributed by atoms with Crippen LogP contribution in [0.3, 0.4) is 0 Å². The first-order valence-corrected chi connectivity index (χ1v) is 6.87. The van der Waals surface area contributed by atoms with Crippen LogP contribution in [0, 0.1) is 13.8 Å². The van der Waals surface area contributed by atoms with Crippen molar-refractivity contribution in [1.29, 1.82) is 0 Å². The van der Waals surface area contributed by atoms with E-state index in [0.717, 1.165) is 12.0 Å². The molecular formula is C17H20N2O. The molecule has 0 bridgehead atoms. The minimum atomic E-state index is 0.0776. The van der Waals surface area contributed by atoms with Crippen LogP contribution in [0.2, 0.25) is 0 Å². The number of amides is 1. The zero-order chi connectivity index (χ0) is 14.4. The number of hydrogen-bond acceptors (Lipinski definition) is 2. The first-order chi connectivity index (χ1) is 9.65. The van der Waals surface area contributed by atoms with E-state index in [2.05, 4.69) is 42.3 Å². The zero-order valence-electron chi connectivity index (χ0n) is 12.0. The molecule has 1 heterocycles. The molecule has 0 radical (unpaired) electrons. The van der Waals surface area contributed by atoms with Gasteiger partial charge in [-0.3, -0.25) is 9.78 Å². The lowest BCUT2D eigenvalue weighted by Crippen LogP contribution is -2.23. The molecule has 2 rings (SSSR count). The fourth-order valence-electron chi connectivity index (χ4n) is 2.13. The van der Waals surface area contributed by atoms with Gasteiger partial charge in [0.15, 0.2) is 0 Å². The Morgan fingerprint density at radius 2 is 2.10 bits per heavy atom. The van der Waals surface area contributed by atoms with Crippen LogP contribution in [0.1, 0.15) is 28.7 Å². The maximum absolute atomic E-state index is 11.8. The molecule has 1 amide bonds. The largest absolute Gasteiger partial charge is 0.352 e. The van der Waals surface area contributed by atoms with E-state index in [9.17, 15) is 4.79 Å². The fourth-order valence-corrected chi connectivity index (χ4v) is 2.13. The van der Waals surface area contributed by atoms with Crippen LogP contribution in [0.4, 0.5) is 0 Å². The lowest BCUT2D eigenvalue weighted by Gasteiger charge is -2.09. The van der Waals surface area contributed by atoms with Gasteiger partial charge in [0.1, 0.15) is 0 Å². The van der Waals surface area contributed by atoms with Gasteiger partial charge in [-0.15, -0.1) is 0 Å². The molecule has 1 aromatic heterocycles. The number of rotatable bonds is 5. The average molecular weight is 268 g/mol. The number of carbonyl (C=O) groups is 1. The summed E-state index contributed by atoms with van der Waals surface area (Å²) in [4.78, 5) is 15.9. The summed E-state index contributed by atoms with van der Waals surface area (Å²) in [5, 5.41) is 2.97. The second-order valence-electron chi connectivity index (χ2n) is 5.07. The number of nitrogens with one attached hydrogen (secondary N) is 1. The normalized spacial score (nSPS) is 10.3. The standard InChI is InChI=1S/C17H20N2O/c1-13-5-7-16(14(2)10-13)12-19-17(20)8-6-15-4-3-9-18-11-15/h3-5,7,9-11H,6,8,12H2,1-2H3,(H,19,20). The minimum absolute atomic E-state index is 0.0776. The second-order valence-corrected chi connectivity index (χ2v) is 5.07. The Morgan fingerprint density at radius 3 is 2.80 bits per heavy atom. The van der Waals surface area contributed by atoms with Crippen molar-refractivity contribution in [3.8, 4) is 0 Å². The van der Waals surface area contributed by atoms with E-state index in [1.54, 1.807) is 12.4 Å². The molecule has 0 aliphatic heterocycles. The molecule has 1 N–H and O–H groups in total. The van der Waals surface area contributed by atoms with Crippen LogP contribution < -0.4 is 5.32 Å². The van der Waals surface area contributed by atoms with Crippen molar-refractivity contribution in [1.82, 2.24) is 10.3 Å². The monoisotopic (exact) mass is 268 g/mol. The average Bonchev–Trinajstić information content (AvgIpc) is 2.45. The highest BCUT2D eigenvalue weighted by atomic mass is 16.1. The molecule has 104 valence electrons. The predicted molar refractivity (Wildman–Crippen MR) is 80.3 cm³/mol. The van der Waals surface area contributed by atoms with Gasteiger partial charge in [0.05, 0.1) is 0 Å². The Kier molecular flexibility index (Phi) is 4.88. The van der Waals surface area contributed by atoms with E-state index < -0.39 is 0 Å². The molecule has 0 aliphatic carbocycles. The molecule has 3 heteroatoms. The molecule has 0 spiro atoms. The number of nitrogens with zero attached hydrogens (tertiary/aromatic N) is 1. The summed E-state index contributed by atoms with van der Waals surface area (Å²) >= 11 is 0. The Balaban J connectivity index is 1.80. The smallest absolute Gasteiger partial charge is 0.220 e. The van der Waals surface area contributed by atoms with Crippen LogP contribution in [0.25, 0.3) is 0 Å². The molecule has 1 aromatic carbocycles. The molecule has 0 aliphatic rings. The summed E-state index contributed by atoms with van der Waals surface area (Å²) in [6.45, 7) is 4.74. The van der Waals surface area contributed by atoms with Gasteiger partial charge < -0.3 is 5.32 Å². The summed E-state index contributed by atoms with van der Waals surface area (Å²) in [6, 6.07) is 10.2. The third-order valence-corrected chi connectivity index (χ3v) is 3.34. The number of pyridine rings is 1. The molecule has 0 saturated carbocycles. The highest BCUT2D eigenvalue weighted by Crippen LogP contribution is 2.10. The van der Waals surface area contributed by atoms with Gasteiger partial charge in [0.25, 0.3) is 0 Å². The molecule has 0 saturated heterocycles. The number of benzene rings is 1. The van der Waals surface area contributed by atoms with E-state index in [4.69, 9.17) is 0 Å². The van der Waals surface area contributed by atoms with Gasteiger partial charge in [-0.05, 0) is 43.0 Å². The molecule has 0 atom stereocenters. The maximum atomic E-state index is 11.8. The number of aryl methyl sites for hydroxylation is 3. The van der Waals surface area contributed by atoms with Crippen LogP contribution in [0.15, 0.2) is 42.7 Å². The summed E-state index contributed by atoms with van der Waals surface area (Å²) in [5.74, 6) is 0.0776. The van der Waals surface area contributed by atoms with Crippen molar-refractivity contribution in [2.24, 2.45) is 0 Å². The third kappa shape index (κ3) is 4.19. The summed E-state index contributed by atoms with van der Waals surface area (Å²) < 4.78 is 0. The topological polar surface area (TPSA) is 42.0 Å². The molecule has 3 nitrogen and oxygen atoms in total. The van der Waals surface area contributed by atoms with Crippen LogP contribution in [0.5, 0.6) is 0 Å². The highest BCUT2D eigenvalue weighted by molar-refractivity contribution is 5.76. The molecule has 0 unspecified atom stereocenters. The Bertz CT molecular complexity index is 579. The summed E-state index contributed by atoms with van der Waals surface area (Å²) in [7, 11) is 0. The van der Waals surface area contributed by atoms with E-state index >= 15 is 0 Å². The van der Waals surface area contributed by atoms with Gasteiger partial charge >= 0.3 is 0 Å². The molecule has 0 fully saturated rings. The molecule has 20 heavy (non-hydrogen) atoms. The van der Waals surface area contributed by atoms with Gasteiger partial charge in [0, 0.05) is 25.4 Å². The van der Waals surface area contributed by atoms with Crippen molar-refractivity contribution in [2.75, 3.05) is 0 Å². The highest BCUT2D eigenvalue weighted by Gasteiger charge is 2.04. The van der Waals surface area contributed by atoms with Crippen LogP contribution in [-0.4, -0.2) is 10.9 Å². The predicted octanol–water partition coefficient (Wildman–Crippen LogP) is 2.95. The van der Waals surface area contributed by atoms with Crippen molar-refractivity contribution < 1.29 is 4.79 Å². The van der Waals surface area contributed by atoms with Crippen molar-refractivity contribution in [3.63, 3.8) is 0 Å². The lowest BCUT2D eigenvalue weighted by molar-refractivity contribution is -0.121. The molecular weight excluding hydrogens is 248 g/mol. The van der Waals surface area contributed by atoms with Crippen LogP contribution >= 0.6 is 0 Å². The quantitative estimate of drug-likeness (QED) is 0.906. The van der Waals surface area contributed by atoms with Gasteiger partial charge in [-0.25, -0.2) is 0 Å². The molecule has 2 aromatic rings. The maximum Gasteiger partial charge on any atom is 0.220 e. The Morgan fingerprint density at radius 1 is 1.25 bits per heavy atom.